The highest BCUT2D eigenvalue weighted by Crippen LogP contribution is 2.42. The lowest BCUT2D eigenvalue weighted by Crippen LogP contribution is -2.12. The lowest BCUT2D eigenvalue weighted by atomic mass is 10.1. The van der Waals surface area contributed by atoms with Gasteiger partial charge in [-0.25, -0.2) is 10.1 Å². The zero-order valence-corrected chi connectivity index (χ0v) is 9.63. The SMILES string of the molecule is Cc1c([N+](=O)[O-])cc(N[N+](=O)[O-])c([N+](=O)[O-])c1[N+](=O)[O-]. The van der Waals surface area contributed by atoms with Crippen molar-refractivity contribution in [2.45, 2.75) is 6.92 Å². The number of nitrogens with zero attached hydrogens (tertiary/aromatic N) is 4. The summed E-state index contributed by atoms with van der Waals surface area (Å²) < 4.78 is 0. The van der Waals surface area contributed by atoms with Gasteiger partial charge in [-0.1, -0.05) is 0 Å². The fourth-order valence-electron chi connectivity index (χ4n) is 1.52. The molecule has 0 amide bonds. The van der Waals surface area contributed by atoms with E-state index in [0.717, 1.165) is 6.92 Å². The van der Waals surface area contributed by atoms with Crippen LogP contribution in [0.1, 0.15) is 5.56 Å². The number of anilines is 1. The third kappa shape index (κ3) is 2.55. The van der Waals surface area contributed by atoms with Gasteiger partial charge >= 0.3 is 11.4 Å². The Morgan fingerprint density at radius 2 is 1.40 bits per heavy atom. The molecule has 20 heavy (non-hydrogen) atoms. The molecule has 0 heterocycles. The lowest BCUT2D eigenvalue weighted by Gasteiger charge is -2.04. The van der Waals surface area contributed by atoms with Crippen LogP contribution in [0, 0.1) is 47.4 Å². The van der Waals surface area contributed by atoms with E-state index in [2.05, 4.69) is 0 Å². The van der Waals surface area contributed by atoms with E-state index in [4.69, 9.17) is 0 Å². The molecule has 0 atom stereocenters. The topological polar surface area (TPSA) is 185 Å². The Bertz CT molecular complexity index is 641. The molecular formula is C7H5N5O8. The van der Waals surface area contributed by atoms with Gasteiger partial charge in [-0.05, 0) is 6.92 Å². The minimum absolute atomic E-state index is 0.503. The number of hydrazine groups is 1. The number of benzene rings is 1. The molecule has 13 nitrogen and oxygen atoms in total. The van der Waals surface area contributed by atoms with Crippen molar-refractivity contribution in [2.75, 3.05) is 5.43 Å². The predicted molar refractivity (Wildman–Crippen MR) is 61.8 cm³/mol. The van der Waals surface area contributed by atoms with E-state index in [1.165, 1.54) is 5.43 Å². The van der Waals surface area contributed by atoms with Gasteiger partial charge in [0.05, 0.1) is 20.8 Å². The summed E-state index contributed by atoms with van der Waals surface area (Å²) in [4.78, 5) is 39.3. The monoisotopic (exact) mass is 287 g/mol. The number of hydrogen-bond donors (Lipinski definition) is 1. The normalized spacial score (nSPS) is 9.85. The quantitative estimate of drug-likeness (QED) is 0.615. The van der Waals surface area contributed by atoms with Crippen LogP contribution in [0.2, 0.25) is 0 Å². The second-order valence-electron chi connectivity index (χ2n) is 3.41. The molecule has 0 radical (unpaired) electrons. The Hall–Kier alpha value is -3.38. The maximum atomic E-state index is 10.8. The van der Waals surface area contributed by atoms with Gasteiger partial charge in [-0.3, -0.25) is 30.3 Å². The van der Waals surface area contributed by atoms with Crippen LogP contribution in [0.15, 0.2) is 6.07 Å². The average Bonchev–Trinajstić information content (AvgIpc) is 2.28. The summed E-state index contributed by atoms with van der Waals surface area (Å²) in [6.07, 6.45) is 0. The van der Waals surface area contributed by atoms with Crippen LogP contribution in [0.25, 0.3) is 0 Å². The van der Waals surface area contributed by atoms with Crippen LogP contribution in [-0.4, -0.2) is 19.8 Å². The first-order valence-electron chi connectivity index (χ1n) is 4.68. The molecule has 0 aliphatic heterocycles. The Balaban J connectivity index is 3.81. The highest BCUT2D eigenvalue weighted by Gasteiger charge is 2.38. The molecule has 0 aliphatic rings. The smallest absolute Gasteiger partial charge is 0.258 e. The Labute approximate surface area is 108 Å². The first-order valence-corrected chi connectivity index (χ1v) is 4.68. The Morgan fingerprint density at radius 1 is 0.900 bits per heavy atom. The summed E-state index contributed by atoms with van der Waals surface area (Å²) >= 11 is 0. The van der Waals surface area contributed by atoms with E-state index >= 15 is 0 Å². The number of rotatable bonds is 5. The first kappa shape index (κ1) is 14.7. The van der Waals surface area contributed by atoms with Crippen LogP contribution in [0.3, 0.4) is 0 Å². The Morgan fingerprint density at radius 3 is 1.75 bits per heavy atom. The fraction of sp³-hybridized carbons (Fsp3) is 0.143. The molecule has 0 unspecified atom stereocenters. The van der Waals surface area contributed by atoms with E-state index in [0.29, 0.717) is 6.07 Å². The minimum Gasteiger partial charge on any atom is -0.258 e. The highest BCUT2D eigenvalue weighted by molar-refractivity contribution is 5.78. The van der Waals surface area contributed by atoms with Crippen LogP contribution >= 0.6 is 0 Å². The first-order chi connectivity index (χ1) is 9.16. The van der Waals surface area contributed by atoms with Crippen molar-refractivity contribution >= 4 is 22.7 Å². The van der Waals surface area contributed by atoms with E-state index in [1.54, 1.807) is 0 Å². The van der Waals surface area contributed by atoms with Crippen molar-refractivity contribution in [1.29, 1.82) is 0 Å². The summed E-state index contributed by atoms with van der Waals surface area (Å²) in [5.41, 5.74) is -3.39. The third-order valence-electron chi connectivity index (χ3n) is 2.27. The highest BCUT2D eigenvalue weighted by atomic mass is 16.7. The van der Waals surface area contributed by atoms with Gasteiger partial charge in [0.1, 0.15) is 5.56 Å². The molecule has 0 saturated heterocycles. The summed E-state index contributed by atoms with van der Waals surface area (Å²) in [6, 6.07) is 0.503. The molecule has 13 heteroatoms. The summed E-state index contributed by atoms with van der Waals surface area (Å²) in [5, 5.41) is 41.5. The number of nitro groups is 4. The van der Waals surface area contributed by atoms with Gasteiger partial charge in [0.2, 0.25) is 0 Å². The van der Waals surface area contributed by atoms with E-state index in [1.807, 2.05) is 0 Å². The predicted octanol–water partition coefficient (Wildman–Crippen LogP) is 1.32. The van der Waals surface area contributed by atoms with Crippen LogP contribution in [-0.2, 0) is 0 Å². The minimum atomic E-state index is -1.22. The van der Waals surface area contributed by atoms with Crippen molar-refractivity contribution in [3.8, 4) is 0 Å². The molecule has 0 fully saturated rings. The van der Waals surface area contributed by atoms with Crippen molar-refractivity contribution in [3.05, 3.63) is 52.1 Å². The summed E-state index contributed by atoms with van der Waals surface area (Å²) in [5.74, 6) is 0. The van der Waals surface area contributed by atoms with E-state index < -0.39 is 48.1 Å². The third-order valence-corrected chi connectivity index (χ3v) is 2.27. The van der Waals surface area contributed by atoms with Gasteiger partial charge < -0.3 is 0 Å². The van der Waals surface area contributed by atoms with Crippen LogP contribution in [0.4, 0.5) is 22.7 Å². The van der Waals surface area contributed by atoms with Crippen molar-refractivity contribution in [1.82, 2.24) is 0 Å². The van der Waals surface area contributed by atoms with Gasteiger partial charge in [-0.2, -0.15) is 0 Å². The molecule has 0 spiro atoms. The van der Waals surface area contributed by atoms with Crippen LogP contribution in [0.5, 0.6) is 0 Å². The summed E-state index contributed by atoms with van der Waals surface area (Å²) in [7, 11) is 0. The zero-order valence-electron chi connectivity index (χ0n) is 9.63. The standard InChI is InChI=1S/C7H5N5O8/c1-3-5(9(13)14)2-4(8-12(19)20)7(11(17)18)6(3)10(15)16/h2,8H,1H3. The summed E-state index contributed by atoms with van der Waals surface area (Å²) in [6.45, 7) is 0.944. The van der Waals surface area contributed by atoms with Gasteiger partial charge in [-0.15, -0.1) is 5.43 Å². The lowest BCUT2D eigenvalue weighted by molar-refractivity contribution is -0.449. The fourth-order valence-corrected chi connectivity index (χ4v) is 1.52. The van der Waals surface area contributed by atoms with Gasteiger partial charge in [0.25, 0.3) is 5.69 Å². The molecule has 0 aliphatic carbocycles. The number of nitro benzene ring substituents is 3. The molecule has 1 aromatic carbocycles. The molecule has 0 bridgehead atoms. The maximum absolute atomic E-state index is 10.8. The second kappa shape index (κ2) is 5.09. The molecule has 1 rings (SSSR count). The van der Waals surface area contributed by atoms with Crippen molar-refractivity contribution in [3.63, 3.8) is 0 Å². The molecule has 0 aromatic heterocycles. The molecule has 106 valence electrons. The molecule has 1 aromatic rings. The largest absolute Gasteiger partial charge is 0.375 e. The number of hydrogen-bond acceptors (Lipinski definition) is 8. The van der Waals surface area contributed by atoms with E-state index in [-0.39, 0.29) is 0 Å². The zero-order chi connectivity index (χ0) is 15.6. The molecule has 0 saturated carbocycles. The van der Waals surface area contributed by atoms with Crippen molar-refractivity contribution < 1.29 is 19.8 Å². The molecule has 1 N–H and O–H groups in total. The maximum Gasteiger partial charge on any atom is 0.375 e. The average molecular weight is 287 g/mol. The Kier molecular flexibility index (Phi) is 3.73. The second-order valence-corrected chi connectivity index (χ2v) is 3.41. The van der Waals surface area contributed by atoms with Crippen LogP contribution < -0.4 is 5.43 Å². The van der Waals surface area contributed by atoms with Gasteiger partial charge in [0, 0.05) is 0 Å². The van der Waals surface area contributed by atoms with E-state index in [9.17, 15) is 40.5 Å². The van der Waals surface area contributed by atoms with Crippen molar-refractivity contribution in [2.24, 2.45) is 0 Å². The molecular weight excluding hydrogens is 282 g/mol. The van der Waals surface area contributed by atoms with Gasteiger partial charge in [0.15, 0.2) is 10.7 Å². The number of nitrogens with one attached hydrogen (secondary N) is 1.